The molecule has 34 heavy (non-hydrogen) atoms. The van der Waals surface area contributed by atoms with Crippen LogP contribution in [0, 0.1) is 0 Å². The zero-order valence-electron chi connectivity index (χ0n) is 21.0. The van der Waals surface area contributed by atoms with E-state index < -0.39 is 0 Å². The molecule has 0 aliphatic carbocycles. The second kappa shape index (κ2) is 10.3. The van der Waals surface area contributed by atoms with Crippen molar-refractivity contribution in [1.82, 2.24) is 14.8 Å². The highest BCUT2D eigenvalue weighted by molar-refractivity contribution is 5.30. The van der Waals surface area contributed by atoms with Crippen LogP contribution in [0.2, 0.25) is 0 Å². The van der Waals surface area contributed by atoms with E-state index in [2.05, 4.69) is 111 Å². The Hall–Kier alpha value is -3.40. The van der Waals surface area contributed by atoms with Crippen molar-refractivity contribution in [2.24, 2.45) is 0 Å². The van der Waals surface area contributed by atoms with Crippen molar-refractivity contribution in [1.29, 1.82) is 0 Å². The lowest BCUT2D eigenvalue weighted by Crippen LogP contribution is -2.11. The number of benzene rings is 2. The number of aromatic nitrogens is 3. The van der Waals surface area contributed by atoms with Crippen LogP contribution in [0.15, 0.2) is 79.1 Å². The molecule has 176 valence electrons. The van der Waals surface area contributed by atoms with Crippen molar-refractivity contribution in [3.63, 3.8) is 0 Å². The molecular weight excluding hydrogens is 418 g/mol. The Bertz CT molecular complexity index is 1200. The van der Waals surface area contributed by atoms with Crippen molar-refractivity contribution in [2.75, 3.05) is 0 Å². The van der Waals surface area contributed by atoms with Gasteiger partial charge in [-0.2, -0.15) is 5.10 Å². The molecule has 0 amide bonds. The zero-order chi connectivity index (χ0) is 24.1. The van der Waals surface area contributed by atoms with Crippen LogP contribution in [-0.4, -0.2) is 14.8 Å². The molecule has 0 atom stereocenters. The lowest BCUT2D eigenvalue weighted by Gasteiger charge is -2.18. The van der Waals surface area contributed by atoms with E-state index in [1.807, 2.05) is 12.3 Å². The molecule has 0 unspecified atom stereocenters. The number of ether oxygens (including phenoxy) is 1. The number of hydrogen-bond acceptors (Lipinski definition) is 3. The molecule has 0 aliphatic rings. The normalized spacial score (nSPS) is 11.7. The molecule has 2 heterocycles. The highest BCUT2D eigenvalue weighted by Crippen LogP contribution is 2.24. The summed E-state index contributed by atoms with van der Waals surface area (Å²) in [5.41, 5.74) is 7.38. The quantitative estimate of drug-likeness (QED) is 0.291. The van der Waals surface area contributed by atoms with E-state index in [-0.39, 0.29) is 5.41 Å². The smallest absolute Gasteiger partial charge is 0.213 e. The van der Waals surface area contributed by atoms with Crippen molar-refractivity contribution in [3.8, 4) is 5.88 Å². The van der Waals surface area contributed by atoms with Crippen molar-refractivity contribution in [3.05, 3.63) is 113 Å². The molecule has 2 aromatic carbocycles. The van der Waals surface area contributed by atoms with E-state index in [9.17, 15) is 0 Å². The minimum absolute atomic E-state index is 0.0861. The first-order valence-corrected chi connectivity index (χ1v) is 12.1. The Morgan fingerprint density at radius 3 is 2.29 bits per heavy atom. The third-order valence-corrected chi connectivity index (χ3v) is 6.03. The first-order valence-electron chi connectivity index (χ1n) is 12.1. The van der Waals surface area contributed by atoms with Crippen LogP contribution in [-0.2, 0) is 25.0 Å². The Kier molecular flexibility index (Phi) is 7.16. The average molecular weight is 454 g/mol. The Balaban J connectivity index is 1.43. The van der Waals surface area contributed by atoms with E-state index >= 15 is 0 Å². The topological polar surface area (TPSA) is 39.9 Å². The van der Waals surface area contributed by atoms with Crippen molar-refractivity contribution in [2.45, 2.75) is 65.5 Å². The lowest BCUT2D eigenvalue weighted by molar-refractivity contribution is 0.293. The molecule has 0 N–H and O–H groups in total. The van der Waals surface area contributed by atoms with Gasteiger partial charge in [-0.3, -0.25) is 4.68 Å². The largest absolute Gasteiger partial charge is 0.473 e. The van der Waals surface area contributed by atoms with Crippen LogP contribution in [0.3, 0.4) is 0 Å². The first-order chi connectivity index (χ1) is 16.3. The van der Waals surface area contributed by atoms with Gasteiger partial charge in [0, 0.05) is 24.9 Å². The molecule has 4 nitrogen and oxygen atoms in total. The average Bonchev–Trinajstić information content (AvgIpc) is 3.20. The summed E-state index contributed by atoms with van der Waals surface area (Å²) in [6.45, 7) is 12.2. The van der Waals surface area contributed by atoms with Gasteiger partial charge in [0.25, 0.3) is 0 Å². The lowest BCUT2D eigenvalue weighted by atomic mass is 9.88. The molecule has 0 spiro atoms. The van der Waals surface area contributed by atoms with Gasteiger partial charge in [-0.05, 0) is 39.2 Å². The second-order valence-corrected chi connectivity index (χ2v) is 10.3. The van der Waals surface area contributed by atoms with Gasteiger partial charge in [-0.25, -0.2) is 4.98 Å². The maximum absolute atomic E-state index is 5.95. The summed E-state index contributed by atoms with van der Waals surface area (Å²) in [6, 6.07) is 23.1. The maximum Gasteiger partial charge on any atom is 0.213 e. The Morgan fingerprint density at radius 2 is 1.62 bits per heavy atom. The van der Waals surface area contributed by atoms with Gasteiger partial charge in [0.15, 0.2) is 0 Å². The van der Waals surface area contributed by atoms with E-state index in [0.29, 0.717) is 18.4 Å². The number of nitrogens with zero attached hydrogens (tertiary/aromatic N) is 3. The summed E-state index contributed by atoms with van der Waals surface area (Å²) in [7, 11) is 0. The van der Waals surface area contributed by atoms with Gasteiger partial charge in [0.2, 0.25) is 5.88 Å². The molecule has 2 aromatic heterocycles. The van der Waals surface area contributed by atoms with Gasteiger partial charge in [0.05, 0.1) is 12.2 Å². The highest BCUT2D eigenvalue weighted by Gasteiger charge is 2.15. The fourth-order valence-electron chi connectivity index (χ4n) is 4.04. The van der Waals surface area contributed by atoms with E-state index in [1.54, 1.807) is 0 Å². The SMILES string of the molecule is CC(C)c1cn(Cc2cccc(COc3ccc(C(C)(C)C)cn3)c2)nc1Cc1ccccc1. The molecule has 0 aliphatic heterocycles. The van der Waals surface area contributed by atoms with Gasteiger partial charge in [0.1, 0.15) is 6.61 Å². The second-order valence-electron chi connectivity index (χ2n) is 10.3. The fourth-order valence-corrected chi connectivity index (χ4v) is 4.04. The fraction of sp³-hybridized carbons (Fsp3) is 0.333. The zero-order valence-corrected chi connectivity index (χ0v) is 21.0. The Morgan fingerprint density at radius 1 is 0.882 bits per heavy atom. The molecule has 4 rings (SSSR count). The standard InChI is InChI=1S/C30H35N3O/c1-22(2)27-20-33(32-28(27)17-23-10-7-6-8-11-23)19-24-12-9-13-25(16-24)21-34-29-15-14-26(18-31-29)30(3,4)5/h6-16,18,20,22H,17,19,21H2,1-5H3. The van der Waals surface area contributed by atoms with Gasteiger partial charge in [-0.1, -0.05) is 95.3 Å². The summed E-state index contributed by atoms with van der Waals surface area (Å²) in [5, 5.41) is 4.95. The van der Waals surface area contributed by atoms with Crippen LogP contribution < -0.4 is 4.74 Å². The predicted molar refractivity (Wildman–Crippen MR) is 138 cm³/mol. The van der Waals surface area contributed by atoms with Gasteiger partial charge < -0.3 is 4.74 Å². The highest BCUT2D eigenvalue weighted by atomic mass is 16.5. The minimum Gasteiger partial charge on any atom is -0.473 e. The summed E-state index contributed by atoms with van der Waals surface area (Å²) < 4.78 is 8.02. The summed E-state index contributed by atoms with van der Waals surface area (Å²) in [6.07, 6.45) is 4.96. The third kappa shape index (κ3) is 6.13. The van der Waals surface area contributed by atoms with Gasteiger partial charge >= 0.3 is 0 Å². The number of rotatable bonds is 8. The van der Waals surface area contributed by atoms with Crippen LogP contribution in [0.5, 0.6) is 5.88 Å². The summed E-state index contributed by atoms with van der Waals surface area (Å²) in [4.78, 5) is 4.48. The molecule has 0 saturated carbocycles. The van der Waals surface area contributed by atoms with Crippen LogP contribution in [0.25, 0.3) is 0 Å². The summed E-state index contributed by atoms with van der Waals surface area (Å²) >= 11 is 0. The molecular formula is C30H35N3O. The van der Waals surface area contributed by atoms with Crippen LogP contribution >= 0.6 is 0 Å². The molecule has 4 aromatic rings. The molecule has 0 fully saturated rings. The van der Waals surface area contributed by atoms with Crippen molar-refractivity contribution >= 4 is 0 Å². The first kappa shape index (κ1) is 23.7. The summed E-state index contributed by atoms with van der Waals surface area (Å²) in [5.74, 6) is 1.09. The molecule has 0 bridgehead atoms. The van der Waals surface area contributed by atoms with Crippen molar-refractivity contribution < 1.29 is 4.74 Å². The van der Waals surface area contributed by atoms with E-state index in [1.165, 1.54) is 22.3 Å². The Labute approximate surface area is 203 Å². The molecule has 0 radical (unpaired) electrons. The predicted octanol–water partition coefficient (Wildman–Crippen LogP) is 6.92. The number of hydrogen-bond donors (Lipinski definition) is 0. The van der Waals surface area contributed by atoms with Crippen LogP contribution in [0.4, 0.5) is 0 Å². The molecule has 0 saturated heterocycles. The third-order valence-electron chi connectivity index (χ3n) is 6.03. The van der Waals surface area contributed by atoms with E-state index in [0.717, 1.165) is 24.2 Å². The van der Waals surface area contributed by atoms with Gasteiger partial charge in [-0.15, -0.1) is 0 Å². The number of pyridine rings is 1. The maximum atomic E-state index is 5.95. The molecule has 4 heteroatoms. The minimum atomic E-state index is 0.0861. The monoisotopic (exact) mass is 453 g/mol. The van der Waals surface area contributed by atoms with Crippen LogP contribution in [0.1, 0.15) is 74.0 Å². The van der Waals surface area contributed by atoms with E-state index in [4.69, 9.17) is 9.84 Å².